The Morgan fingerprint density at radius 3 is 2.64 bits per heavy atom. The fourth-order valence-electron chi connectivity index (χ4n) is 2.48. The Hall–Kier alpha value is -2.47. The lowest BCUT2D eigenvalue weighted by Crippen LogP contribution is -2.23. The highest BCUT2D eigenvalue weighted by molar-refractivity contribution is 9.10. The van der Waals surface area contributed by atoms with Crippen molar-refractivity contribution in [1.82, 2.24) is 15.5 Å². The highest BCUT2D eigenvalue weighted by Gasteiger charge is 2.07. The van der Waals surface area contributed by atoms with Gasteiger partial charge in [0, 0.05) is 23.6 Å². The van der Waals surface area contributed by atoms with Crippen LogP contribution in [-0.2, 0) is 17.8 Å². The van der Waals surface area contributed by atoms with Crippen molar-refractivity contribution in [3.8, 4) is 11.3 Å². The summed E-state index contributed by atoms with van der Waals surface area (Å²) >= 11 is 3.22. The molecule has 0 saturated heterocycles. The standard InChI is InChI=1S/C19H17BrFN3O/c20-16-7-5-14(17(21)11-16)6-8-19(25)22-12-13-1-3-15(4-2-13)18-9-10-23-24-18/h1-5,7,9-11H,6,8,12H2,(H,22,25)(H,23,24). The monoisotopic (exact) mass is 401 g/mol. The van der Waals surface area contributed by atoms with Crippen molar-refractivity contribution < 1.29 is 9.18 Å². The van der Waals surface area contributed by atoms with Gasteiger partial charge in [0.2, 0.25) is 5.91 Å². The average molecular weight is 402 g/mol. The van der Waals surface area contributed by atoms with E-state index in [1.165, 1.54) is 6.07 Å². The number of amides is 1. The van der Waals surface area contributed by atoms with Crippen molar-refractivity contribution in [1.29, 1.82) is 0 Å². The van der Waals surface area contributed by atoms with Crippen molar-refractivity contribution in [2.24, 2.45) is 0 Å². The van der Waals surface area contributed by atoms with E-state index in [1.54, 1.807) is 18.3 Å². The average Bonchev–Trinajstić information content (AvgIpc) is 3.14. The molecule has 128 valence electrons. The molecule has 0 unspecified atom stereocenters. The van der Waals surface area contributed by atoms with E-state index in [9.17, 15) is 9.18 Å². The molecule has 0 aliphatic carbocycles. The summed E-state index contributed by atoms with van der Waals surface area (Å²) in [7, 11) is 0. The molecule has 1 amide bonds. The summed E-state index contributed by atoms with van der Waals surface area (Å²) in [6, 6.07) is 14.7. The molecule has 1 heterocycles. The molecule has 0 aliphatic rings. The molecule has 0 atom stereocenters. The summed E-state index contributed by atoms with van der Waals surface area (Å²) in [6.07, 6.45) is 2.34. The van der Waals surface area contributed by atoms with Crippen LogP contribution in [0.25, 0.3) is 11.3 Å². The van der Waals surface area contributed by atoms with Gasteiger partial charge in [0.1, 0.15) is 5.82 Å². The number of carbonyl (C=O) groups excluding carboxylic acids is 1. The van der Waals surface area contributed by atoms with Gasteiger partial charge in [-0.15, -0.1) is 0 Å². The zero-order valence-corrected chi connectivity index (χ0v) is 15.0. The third kappa shape index (κ3) is 4.76. The normalized spacial score (nSPS) is 10.6. The summed E-state index contributed by atoms with van der Waals surface area (Å²) in [5.41, 5.74) is 3.54. The molecule has 6 heteroatoms. The second-order valence-electron chi connectivity index (χ2n) is 5.68. The lowest BCUT2D eigenvalue weighted by Gasteiger charge is -2.07. The molecule has 0 spiro atoms. The van der Waals surface area contributed by atoms with Crippen molar-refractivity contribution >= 4 is 21.8 Å². The van der Waals surface area contributed by atoms with Gasteiger partial charge in [-0.1, -0.05) is 46.3 Å². The highest BCUT2D eigenvalue weighted by atomic mass is 79.9. The van der Waals surface area contributed by atoms with Crippen LogP contribution < -0.4 is 5.32 Å². The number of H-pyrrole nitrogens is 1. The summed E-state index contributed by atoms with van der Waals surface area (Å²) in [5.74, 6) is -0.392. The molecule has 0 bridgehead atoms. The predicted octanol–water partition coefficient (Wildman–Crippen LogP) is 4.23. The Labute approximate surface area is 153 Å². The van der Waals surface area contributed by atoms with Crippen LogP contribution in [0.3, 0.4) is 0 Å². The van der Waals surface area contributed by atoms with Crippen molar-refractivity contribution in [3.63, 3.8) is 0 Å². The first-order chi connectivity index (χ1) is 12.1. The van der Waals surface area contributed by atoms with Crippen LogP contribution in [0.5, 0.6) is 0 Å². The van der Waals surface area contributed by atoms with Crippen LogP contribution in [0, 0.1) is 5.82 Å². The minimum atomic E-state index is -0.295. The van der Waals surface area contributed by atoms with Crippen LogP contribution >= 0.6 is 15.9 Å². The Kier molecular flexibility index (Phi) is 5.60. The van der Waals surface area contributed by atoms with E-state index in [-0.39, 0.29) is 18.1 Å². The van der Waals surface area contributed by atoms with E-state index in [4.69, 9.17) is 0 Å². The molecule has 2 aromatic carbocycles. The van der Waals surface area contributed by atoms with Crippen molar-refractivity contribution in [2.75, 3.05) is 0 Å². The maximum atomic E-state index is 13.7. The fourth-order valence-corrected chi connectivity index (χ4v) is 2.81. The second-order valence-corrected chi connectivity index (χ2v) is 6.60. The number of hydrogen-bond donors (Lipinski definition) is 2. The Morgan fingerprint density at radius 2 is 1.96 bits per heavy atom. The first kappa shape index (κ1) is 17.4. The van der Waals surface area contributed by atoms with Gasteiger partial charge in [-0.25, -0.2) is 4.39 Å². The molecule has 25 heavy (non-hydrogen) atoms. The molecule has 0 fully saturated rings. The first-order valence-electron chi connectivity index (χ1n) is 7.91. The highest BCUT2D eigenvalue weighted by Crippen LogP contribution is 2.17. The van der Waals surface area contributed by atoms with Gasteiger partial charge in [0.15, 0.2) is 0 Å². The van der Waals surface area contributed by atoms with E-state index in [0.717, 1.165) is 16.8 Å². The van der Waals surface area contributed by atoms with Gasteiger partial charge < -0.3 is 5.32 Å². The molecule has 0 aliphatic heterocycles. The molecule has 2 N–H and O–H groups in total. The van der Waals surface area contributed by atoms with E-state index < -0.39 is 0 Å². The third-order valence-electron chi connectivity index (χ3n) is 3.89. The number of benzene rings is 2. The molecule has 1 aromatic heterocycles. The molecule has 3 aromatic rings. The number of aryl methyl sites for hydroxylation is 1. The lowest BCUT2D eigenvalue weighted by molar-refractivity contribution is -0.121. The number of halogens is 2. The Balaban J connectivity index is 1.49. The van der Waals surface area contributed by atoms with Gasteiger partial charge in [-0.3, -0.25) is 9.89 Å². The number of hydrogen-bond acceptors (Lipinski definition) is 2. The topological polar surface area (TPSA) is 57.8 Å². The van der Waals surface area contributed by atoms with Crippen LogP contribution in [0.15, 0.2) is 59.2 Å². The first-order valence-corrected chi connectivity index (χ1v) is 8.70. The van der Waals surface area contributed by atoms with Crippen LogP contribution in [0.1, 0.15) is 17.5 Å². The number of carbonyl (C=O) groups is 1. The van der Waals surface area contributed by atoms with Crippen LogP contribution in [0.2, 0.25) is 0 Å². The maximum Gasteiger partial charge on any atom is 0.220 e. The summed E-state index contributed by atoms with van der Waals surface area (Å²) in [5, 5.41) is 9.70. The predicted molar refractivity (Wildman–Crippen MR) is 98.3 cm³/mol. The number of aromatic amines is 1. The zero-order valence-electron chi connectivity index (χ0n) is 13.4. The Bertz CT molecular complexity index is 848. The minimum absolute atomic E-state index is 0.0973. The SMILES string of the molecule is O=C(CCc1ccc(Br)cc1F)NCc1ccc(-c2ccn[nH]2)cc1. The second kappa shape index (κ2) is 8.07. The fraction of sp³-hybridized carbons (Fsp3) is 0.158. The molecular weight excluding hydrogens is 385 g/mol. The minimum Gasteiger partial charge on any atom is -0.352 e. The quantitative estimate of drug-likeness (QED) is 0.649. The van der Waals surface area contributed by atoms with Gasteiger partial charge in [0.05, 0.1) is 5.69 Å². The molecule has 0 radical (unpaired) electrons. The number of nitrogens with zero attached hydrogens (tertiary/aromatic N) is 1. The van der Waals surface area contributed by atoms with E-state index >= 15 is 0 Å². The summed E-state index contributed by atoms with van der Waals surface area (Å²) in [4.78, 5) is 12.0. The largest absolute Gasteiger partial charge is 0.352 e. The van der Waals surface area contributed by atoms with E-state index in [1.807, 2.05) is 30.3 Å². The van der Waals surface area contributed by atoms with Crippen molar-refractivity contribution in [3.05, 3.63) is 76.1 Å². The number of nitrogens with one attached hydrogen (secondary N) is 2. The van der Waals surface area contributed by atoms with Gasteiger partial charge >= 0.3 is 0 Å². The van der Waals surface area contributed by atoms with Gasteiger partial charge in [0.25, 0.3) is 0 Å². The molecular formula is C19H17BrFN3O. The number of aromatic nitrogens is 2. The smallest absolute Gasteiger partial charge is 0.220 e. The third-order valence-corrected chi connectivity index (χ3v) is 4.39. The van der Waals surface area contributed by atoms with Crippen LogP contribution in [-0.4, -0.2) is 16.1 Å². The molecule has 0 saturated carbocycles. The van der Waals surface area contributed by atoms with E-state index in [2.05, 4.69) is 31.4 Å². The maximum absolute atomic E-state index is 13.7. The zero-order chi connectivity index (χ0) is 17.6. The Morgan fingerprint density at radius 1 is 1.16 bits per heavy atom. The van der Waals surface area contributed by atoms with Crippen LogP contribution in [0.4, 0.5) is 4.39 Å². The van der Waals surface area contributed by atoms with E-state index in [0.29, 0.717) is 23.0 Å². The van der Waals surface area contributed by atoms with Crippen molar-refractivity contribution in [2.45, 2.75) is 19.4 Å². The number of rotatable bonds is 6. The lowest BCUT2D eigenvalue weighted by atomic mass is 10.1. The van der Waals surface area contributed by atoms with Gasteiger partial charge in [-0.2, -0.15) is 5.10 Å². The van der Waals surface area contributed by atoms with Gasteiger partial charge in [-0.05, 0) is 41.3 Å². The summed E-state index contributed by atoms with van der Waals surface area (Å²) < 4.78 is 14.4. The molecule has 3 rings (SSSR count). The summed E-state index contributed by atoms with van der Waals surface area (Å²) in [6.45, 7) is 0.449. The molecule has 4 nitrogen and oxygen atoms in total.